The van der Waals surface area contributed by atoms with Crippen LogP contribution in [-0.4, -0.2) is 82.0 Å². The first-order valence-electron chi connectivity index (χ1n) is 11.9. The summed E-state index contributed by atoms with van der Waals surface area (Å²) in [5.41, 5.74) is 0. The molecule has 0 aliphatic heterocycles. The normalized spacial score (nSPS) is 17.4. The number of carbonyl (C=O) groups excluding carboxylic acids is 1. The Morgan fingerprint density at radius 3 is 1.20 bits per heavy atom. The van der Waals surface area contributed by atoms with Crippen molar-refractivity contribution >= 4 is 26.8 Å². The molecular weight excluding hydrogens is 703 g/mol. The molecule has 0 spiro atoms. The van der Waals surface area contributed by atoms with Gasteiger partial charge in [0.25, 0.3) is 0 Å². The van der Waals surface area contributed by atoms with Crippen molar-refractivity contribution < 1.29 is 92.4 Å². The van der Waals surface area contributed by atoms with Gasteiger partial charge in [0.05, 0.1) is 0 Å². The number of alkyl halides is 17. The quantitative estimate of drug-likeness (QED) is 0.118. The van der Waals surface area contributed by atoms with Crippen molar-refractivity contribution in [2.24, 2.45) is 5.92 Å². The standard InChI is InChI=1S/C13H25OS.C8HF17O3S/c1-10(2)15(11(3)4)9-13(14)12-7-5-6-8-12;9-1(10,3(13,14)5(17,18)7(21,22)23)2(11,12)4(15,16)6(19,20)8(24,25)29(26,27)28/h10-12H,5-9H2,1-4H3;(H,26,27,28)/q+1;/p-1. The van der Waals surface area contributed by atoms with Gasteiger partial charge in [-0.25, -0.2) is 8.42 Å². The summed E-state index contributed by atoms with van der Waals surface area (Å²) in [7, 11) is -7.85. The SMILES string of the molecule is CC(C)[S+](CC(=O)C1CCCC1)C(C)C.O=S(=O)([O-])C(F)(F)C(F)(F)C(F)(F)C(F)(F)C(F)(F)C(F)(F)C(F)(F)C(F)(F)F. The summed E-state index contributed by atoms with van der Waals surface area (Å²) in [5.74, 6) is -50.3. The van der Waals surface area contributed by atoms with Crippen LogP contribution in [0.2, 0.25) is 0 Å². The Hall–Kier alpha value is -1.26. The van der Waals surface area contributed by atoms with Crippen LogP contribution in [0.4, 0.5) is 74.6 Å². The Bertz CT molecular complexity index is 1090. The summed E-state index contributed by atoms with van der Waals surface area (Å²) in [6.07, 6.45) is -3.03. The molecule has 0 radical (unpaired) electrons. The van der Waals surface area contributed by atoms with E-state index in [2.05, 4.69) is 27.7 Å². The number of hydrogen-bond donors (Lipinski definition) is 0. The van der Waals surface area contributed by atoms with Gasteiger partial charge >= 0.3 is 47.0 Å². The molecule has 0 aromatic carbocycles. The van der Waals surface area contributed by atoms with E-state index in [0.29, 0.717) is 33.1 Å². The number of hydrogen-bond acceptors (Lipinski definition) is 4. The van der Waals surface area contributed by atoms with Gasteiger partial charge in [0.15, 0.2) is 21.7 Å². The molecule has 1 fully saturated rings. The molecule has 44 heavy (non-hydrogen) atoms. The maximum Gasteiger partial charge on any atom is 0.460 e. The van der Waals surface area contributed by atoms with E-state index in [1.54, 1.807) is 0 Å². The predicted octanol–water partition coefficient (Wildman–Crippen LogP) is 7.68. The number of Topliss-reactive ketones (excluding diaryl/α,β-unsaturated/α-hetero) is 1. The fourth-order valence-electron chi connectivity index (χ4n) is 3.71. The lowest BCUT2D eigenvalue weighted by Gasteiger charge is -2.42. The molecule has 1 aliphatic carbocycles. The van der Waals surface area contributed by atoms with Crippen molar-refractivity contribution in [3.05, 3.63) is 0 Å². The summed E-state index contributed by atoms with van der Waals surface area (Å²) in [6.45, 7) is 9.02. The second-order valence-corrected chi connectivity index (χ2v) is 14.6. The Kier molecular flexibility index (Phi) is 12.7. The minimum absolute atomic E-state index is 0.296. The molecule has 4 nitrogen and oxygen atoms in total. The van der Waals surface area contributed by atoms with Crippen LogP contribution in [-0.2, 0) is 25.8 Å². The smallest absolute Gasteiger partial charge is 0.460 e. The summed E-state index contributed by atoms with van der Waals surface area (Å²) < 4.78 is 244. The number of carbonyl (C=O) groups is 1. The van der Waals surface area contributed by atoms with Crippen molar-refractivity contribution in [3.8, 4) is 0 Å². The van der Waals surface area contributed by atoms with Crippen LogP contribution in [0.1, 0.15) is 53.4 Å². The lowest BCUT2D eigenvalue weighted by atomic mass is 9.91. The third-order valence-electron chi connectivity index (χ3n) is 6.34. The Labute approximate surface area is 242 Å². The Balaban J connectivity index is 0.00000103. The van der Waals surface area contributed by atoms with Crippen molar-refractivity contribution in [1.29, 1.82) is 0 Å². The van der Waals surface area contributed by atoms with E-state index in [1.165, 1.54) is 12.8 Å². The van der Waals surface area contributed by atoms with Gasteiger partial charge in [-0.3, -0.25) is 4.79 Å². The summed E-state index contributed by atoms with van der Waals surface area (Å²) in [5, 5.41) is -6.63. The van der Waals surface area contributed by atoms with Crippen LogP contribution in [0.3, 0.4) is 0 Å². The highest BCUT2D eigenvalue weighted by atomic mass is 32.2. The minimum atomic E-state index is -8.92. The fourth-order valence-corrected chi connectivity index (χ4v) is 6.48. The van der Waals surface area contributed by atoms with E-state index in [-0.39, 0.29) is 0 Å². The lowest BCUT2D eigenvalue weighted by molar-refractivity contribution is -0.458. The third kappa shape index (κ3) is 7.32. The van der Waals surface area contributed by atoms with Gasteiger partial charge in [0, 0.05) is 5.92 Å². The third-order valence-corrected chi connectivity index (χ3v) is 10.3. The topological polar surface area (TPSA) is 74.3 Å². The molecule has 0 bridgehead atoms. The van der Waals surface area contributed by atoms with E-state index in [4.69, 9.17) is 0 Å². The zero-order chi connectivity index (χ0) is 35.9. The van der Waals surface area contributed by atoms with Crippen molar-refractivity contribution in [1.82, 2.24) is 0 Å². The zero-order valence-corrected chi connectivity index (χ0v) is 24.3. The highest BCUT2D eigenvalue weighted by Crippen LogP contribution is 2.64. The average Bonchev–Trinajstić information content (AvgIpc) is 3.35. The number of rotatable bonds is 12. The minimum Gasteiger partial charge on any atom is -0.743 e. The highest BCUT2D eigenvalue weighted by Gasteiger charge is 2.95. The molecule has 23 heteroatoms. The first-order valence-corrected chi connectivity index (χ1v) is 14.8. The molecule has 0 aromatic heterocycles. The highest BCUT2D eigenvalue weighted by molar-refractivity contribution is 7.98. The predicted molar refractivity (Wildman–Crippen MR) is 120 cm³/mol. The summed E-state index contributed by atoms with van der Waals surface area (Å²) in [4.78, 5) is 12.1. The van der Waals surface area contributed by atoms with E-state index < -0.39 is 57.1 Å². The number of halogens is 17. The summed E-state index contributed by atoms with van der Waals surface area (Å²) in [6, 6.07) is 0. The van der Waals surface area contributed by atoms with E-state index in [9.17, 15) is 92.4 Å². The second kappa shape index (κ2) is 13.1. The van der Waals surface area contributed by atoms with Gasteiger partial charge in [-0.1, -0.05) is 12.8 Å². The zero-order valence-electron chi connectivity index (χ0n) is 22.6. The number of ketones is 1. The Morgan fingerprint density at radius 2 is 0.932 bits per heavy atom. The van der Waals surface area contributed by atoms with E-state index in [0.717, 1.165) is 18.6 Å². The summed E-state index contributed by atoms with van der Waals surface area (Å²) >= 11 is 0. The van der Waals surface area contributed by atoms with Crippen molar-refractivity contribution in [2.75, 3.05) is 5.75 Å². The van der Waals surface area contributed by atoms with Gasteiger partial charge in [-0.05, 0) is 51.4 Å². The molecule has 0 aromatic rings. The van der Waals surface area contributed by atoms with Gasteiger partial charge in [-0.2, -0.15) is 74.6 Å². The molecule has 0 saturated heterocycles. The maximum absolute atomic E-state index is 13.0. The molecule has 264 valence electrons. The monoisotopic (exact) mass is 728 g/mol. The van der Waals surface area contributed by atoms with Gasteiger partial charge < -0.3 is 4.55 Å². The molecule has 1 saturated carbocycles. The molecule has 0 heterocycles. The van der Waals surface area contributed by atoms with Gasteiger partial charge in [-0.15, -0.1) is 0 Å². The van der Waals surface area contributed by atoms with Crippen LogP contribution < -0.4 is 0 Å². The van der Waals surface area contributed by atoms with Crippen LogP contribution >= 0.6 is 0 Å². The van der Waals surface area contributed by atoms with Crippen molar-refractivity contribution in [3.63, 3.8) is 0 Å². The fraction of sp³-hybridized carbons (Fsp3) is 0.952. The molecule has 1 aliphatic rings. The van der Waals surface area contributed by atoms with Crippen LogP contribution in [0.5, 0.6) is 0 Å². The largest absolute Gasteiger partial charge is 0.743 e. The van der Waals surface area contributed by atoms with Gasteiger partial charge in [0.1, 0.15) is 10.5 Å². The van der Waals surface area contributed by atoms with Crippen molar-refractivity contribution in [2.45, 2.75) is 111 Å². The van der Waals surface area contributed by atoms with Gasteiger partial charge in [0.2, 0.25) is 0 Å². The van der Waals surface area contributed by atoms with Crippen LogP contribution in [0.15, 0.2) is 0 Å². The Morgan fingerprint density at radius 1 is 0.636 bits per heavy atom. The second-order valence-electron chi connectivity index (χ2n) is 10.1. The molecule has 0 N–H and O–H groups in total. The lowest BCUT2D eigenvalue weighted by Crippen LogP contribution is -2.75. The average molecular weight is 729 g/mol. The first-order chi connectivity index (χ1) is 19.0. The molecular formula is C21H25F17O4S2. The molecule has 0 amide bonds. The first kappa shape index (κ1) is 42.7. The van der Waals surface area contributed by atoms with Crippen LogP contribution in [0, 0.1) is 5.92 Å². The molecule has 1 rings (SSSR count). The molecule has 0 atom stereocenters. The van der Waals surface area contributed by atoms with Crippen LogP contribution in [0.25, 0.3) is 0 Å². The van der Waals surface area contributed by atoms with E-state index in [1.807, 2.05) is 0 Å². The maximum atomic E-state index is 13.0. The van der Waals surface area contributed by atoms with E-state index >= 15 is 0 Å². The molecule has 0 unspecified atom stereocenters.